The van der Waals surface area contributed by atoms with E-state index < -0.39 is 0 Å². The summed E-state index contributed by atoms with van der Waals surface area (Å²) in [5.74, 6) is 0.873. The SMILES string of the molecule is CC1(C)c2ccccc2-c2c1cc1ccccc1c2-c1cccc(C2=NC(c3ccc(-c4ccccc4)cc3)C=C(c3ccccc3)N2)c1. The molecular formula is C47H36N2. The first-order valence-corrected chi connectivity index (χ1v) is 17.1. The van der Waals surface area contributed by atoms with Crippen LogP contribution >= 0.6 is 0 Å². The fourth-order valence-electron chi connectivity index (χ4n) is 7.78. The van der Waals surface area contributed by atoms with Crippen molar-refractivity contribution in [3.63, 3.8) is 0 Å². The Bertz CT molecular complexity index is 2420. The van der Waals surface area contributed by atoms with E-state index in [0.717, 1.165) is 28.2 Å². The minimum Gasteiger partial charge on any atom is -0.340 e. The van der Waals surface area contributed by atoms with Gasteiger partial charge in [0.1, 0.15) is 5.84 Å². The summed E-state index contributed by atoms with van der Waals surface area (Å²) >= 11 is 0. The van der Waals surface area contributed by atoms with Gasteiger partial charge in [0.25, 0.3) is 0 Å². The molecule has 0 saturated heterocycles. The lowest BCUT2D eigenvalue weighted by Crippen LogP contribution is -2.27. The normalized spacial score (nSPS) is 15.9. The number of hydrogen-bond donors (Lipinski definition) is 1. The summed E-state index contributed by atoms with van der Waals surface area (Å²) in [5, 5.41) is 6.27. The third-order valence-electron chi connectivity index (χ3n) is 10.3. The fourth-order valence-corrected chi connectivity index (χ4v) is 7.78. The molecule has 1 unspecified atom stereocenters. The standard InChI is InChI=1S/C47H36N2/c1-47(2)40-23-12-11-22-39(40)45-41(47)29-35-18-9-10-21-38(35)44(45)36-19-13-20-37(28-36)46-48-42(33-16-7-4-8-17-33)30-43(49-46)34-26-24-32(25-27-34)31-14-5-3-6-15-31/h3-30,43H,1-2H3,(H,48,49). The van der Waals surface area contributed by atoms with E-state index in [1.807, 2.05) is 0 Å². The second kappa shape index (κ2) is 11.6. The van der Waals surface area contributed by atoms with Crippen LogP contribution in [-0.4, -0.2) is 5.84 Å². The molecule has 0 amide bonds. The predicted octanol–water partition coefficient (Wildman–Crippen LogP) is 11.6. The predicted molar refractivity (Wildman–Crippen MR) is 206 cm³/mol. The molecule has 49 heavy (non-hydrogen) atoms. The van der Waals surface area contributed by atoms with Crippen molar-refractivity contribution in [3.8, 4) is 33.4 Å². The molecule has 1 aliphatic heterocycles. The van der Waals surface area contributed by atoms with Gasteiger partial charge in [-0.3, -0.25) is 4.99 Å². The van der Waals surface area contributed by atoms with E-state index in [1.165, 1.54) is 55.3 Å². The van der Waals surface area contributed by atoms with Crippen molar-refractivity contribution >= 4 is 22.3 Å². The van der Waals surface area contributed by atoms with E-state index in [2.05, 4.69) is 189 Å². The zero-order chi connectivity index (χ0) is 33.0. The highest BCUT2D eigenvalue weighted by molar-refractivity contribution is 6.10. The minimum atomic E-state index is -0.130. The van der Waals surface area contributed by atoms with Crippen LogP contribution in [0.1, 0.15) is 47.7 Å². The highest BCUT2D eigenvalue weighted by Crippen LogP contribution is 2.54. The van der Waals surface area contributed by atoms with Gasteiger partial charge in [-0.1, -0.05) is 166 Å². The molecule has 1 atom stereocenters. The van der Waals surface area contributed by atoms with E-state index >= 15 is 0 Å². The second-order valence-corrected chi connectivity index (χ2v) is 13.6. The van der Waals surface area contributed by atoms with Gasteiger partial charge in [-0.25, -0.2) is 0 Å². The van der Waals surface area contributed by atoms with Crippen LogP contribution in [0.5, 0.6) is 0 Å². The zero-order valence-electron chi connectivity index (χ0n) is 27.7. The molecule has 2 heteroatoms. The largest absolute Gasteiger partial charge is 0.340 e. The minimum absolute atomic E-state index is 0.0873. The van der Waals surface area contributed by atoms with Crippen molar-refractivity contribution in [3.05, 3.63) is 198 Å². The Balaban J connectivity index is 1.18. The molecular weight excluding hydrogens is 593 g/mol. The van der Waals surface area contributed by atoms with Crippen molar-refractivity contribution in [2.75, 3.05) is 0 Å². The van der Waals surface area contributed by atoms with Gasteiger partial charge < -0.3 is 5.32 Å². The molecule has 1 aliphatic carbocycles. The van der Waals surface area contributed by atoms with E-state index in [0.29, 0.717) is 0 Å². The Morgan fingerprint density at radius 1 is 0.510 bits per heavy atom. The van der Waals surface area contributed by atoms with Gasteiger partial charge in [-0.05, 0) is 84.6 Å². The molecule has 0 spiro atoms. The summed E-state index contributed by atoms with van der Waals surface area (Å²) in [7, 11) is 0. The molecule has 0 fully saturated rings. The van der Waals surface area contributed by atoms with Gasteiger partial charge >= 0.3 is 0 Å². The molecule has 7 aromatic carbocycles. The first-order chi connectivity index (χ1) is 24.0. The highest BCUT2D eigenvalue weighted by atomic mass is 15.0. The van der Waals surface area contributed by atoms with Gasteiger partial charge in [0.15, 0.2) is 0 Å². The van der Waals surface area contributed by atoms with Gasteiger partial charge in [0, 0.05) is 16.7 Å². The molecule has 1 N–H and O–H groups in total. The first kappa shape index (κ1) is 29.2. The number of nitrogens with zero attached hydrogens (tertiary/aromatic N) is 1. The number of benzene rings is 7. The van der Waals surface area contributed by atoms with Crippen LogP contribution in [0, 0.1) is 0 Å². The van der Waals surface area contributed by atoms with E-state index in [1.54, 1.807) is 0 Å². The lowest BCUT2D eigenvalue weighted by molar-refractivity contribution is 0.661. The van der Waals surface area contributed by atoms with Crippen LogP contribution in [0.2, 0.25) is 0 Å². The van der Waals surface area contributed by atoms with Gasteiger partial charge in [0.05, 0.1) is 6.04 Å². The average Bonchev–Trinajstić information content (AvgIpc) is 3.40. The molecule has 234 valence electrons. The molecule has 1 heterocycles. The van der Waals surface area contributed by atoms with E-state index in [9.17, 15) is 0 Å². The van der Waals surface area contributed by atoms with Crippen molar-refractivity contribution < 1.29 is 0 Å². The average molecular weight is 629 g/mol. The van der Waals surface area contributed by atoms with Crippen LogP contribution < -0.4 is 5.32 Å². The third-order valence-corrected chi connectivity index (χ3v) is 10.3. The summed E-state index contributed by atoms with van der Waals surface area (Å²) in [6.07, 6.45) is 2.25. The van der Waals surface area contributed by atoms with Crippen LogP contribution in [0.4, 0.5) is 0 Å². The Labute approximate surface area is 288 Å². The highest BCUT2D eigenvalue weighted by Gasteiger charge is 2.37. The maximum atomic E-state index is 5.36. The van der Waals surface area contributed by atoms with Crippen molar-refractivity contribution in [1.29, 1.82) is 0 Å². The summed E-state index contributed by atoms with van der Waals surface area (Å²) < 4.78 is 0. The maximum absolute atomic E-state index is 5.36. The number of fused-ring (bicyclic) bond motifs is 4. The van der Waals surface area contributed by atoms with Crippen LogP contribution in [-0.2, 0) is 5.41 Å². The fraction of sp³-hybridized carbons (Fsp3) is 0.0851. The Morgan fingerprint density at radius 2 is 1.14 bits per heavy atom. The smallest absolute Gasteiger partial charge is 0.133 e. The molecule has 2 aliphatic rings. The van der Waals surface area contributed by atoms with Crippen molar-refractivity contribution in [2.24, 2.45) is 4.99 Å². The molecule has 2 nitrogen and oxygen atoms in total. The van der Waals surface area contributed by atoms with Crippen molar-refractivity contribution in [2.45, 2.75) is 25.3 Å². The molecule has 7 aromatic rings. The van der Waals surface area contributed by atoms with E-state index in [-0.39, 0.29) is 11.5 Å². The number of nitrogens with one attached hydrogen (secondary N) is 1. The lowest BCUT2D eigenvalue weighted by Gasteiger charge is -2.24. The molecule has 0 bridgehead atoms. The Kier molecular flexibility index (Phi) is 6.91. The number of amidine groups is 1. The second-order valence-electron chi connectivity index (χ2n) is 13.6. The summed E-state index contributed by atoms with van der Waals surface area (Å²) in [6.45, 7) is 4.72. The zero-order valence-corrected chi connectivity index (χ0v) is 27.7. The maximum Gasteiger partial charge on any atom is 0.133 e. The molecule has 0 saturated carbocycles. The monoisotopic (exact) mass is 628 g/mol. The Hall–Kier alpha value is -5.99. The summed E-state index contributed by atoms with van der Waals surface area (Å²) in [5.41, 5.74) is 14.7. The summed E-state index contributed by atoms with van der Waals surface area (Å²) in [4.78, 5) is 5.36. The van der Waals surface area contributed by atoms with Gasteiger partial charge in [-0.15, -0.1) is 0 Å². The van der Waals surface area contributed by atoms with Crippen LogP contribution in [0.15, 0.2) is 175 Å². The quantitative estimate of drug-likeness (QED) is 0.201. The van der Waals surface area contributed by atoms with Crippen molar-refractivity contribution in [1.82, 2.24) is 5.32 Å². The van der Waals surface area contributed by atoms with Crippen LogP contribution in [0.25, 0.3) is 49.9 Å². The number of rotatable bonds is 5. The summed E-state index contributed by atoms with van der Waals surface area (Å²) in [6, 6.07) is 58.9. The number of aliphatic imine (C=N–C) groups is 1. The first-order valence-electron chi connectivity index (χ1n) is 17.1. The van der Waals surface area contributed by atoms with Crippen LogP contribution in [0.3, 0.4) is 0 Å². The Morgan fingerprint density at radius 3 is 1.94 bits per heavy atom. The number of hydrogen-bond acceptors (Lipinski definition) is 2. The molecule has 0 aromatic heterocycles. The van der Waals surface area contributed by atoms with E-state index in [4.69, 9.17) is 4.99 Å². The third kappa shape index (κ3) is 5.00. The molecule has 0 radical (unpaired) electrons. The van der Waals surface area contributed by atoms with Gasteiger partial charge in [-0.2, -0.15) is 0 Å². The van der Waals surface area contributed by atoms with Gasteiger partial charge in [0.2, 0.25) is 0 Å². The lowest BCUT2D eigenvalue weighted by atomic mass is 9.80. The topological polar surface area (TPSA) is 24.4 Å². The molecule has 9 rings (SSSR count).